The minimum atomic E-state index is -0.371. The zero-order chi connectivity index (χ0) is 18.1. The number of hydrogen-bond acceptors (Lipinski definition) is 4. The second-order valence-corrected chi connectivity index (χ2v) is 6.64. The molecule has 5 nitrogen and oxygen atoms in total. The van der Waals surface area contributed by atoms with Gasteiger partial charge in [0, 0.05) is 36.0 Å². The minimum absolute atomic E-state index is 0.0204. The van der Waals surface area contributed by atoms with Gasteiger partial charge in [0.25, 0.3) is 5.89 Å². The summed E-state index contributed by atoms with van der Waals surface area (Å²) in [5.74, 6) is 0.197. The first-order valence-electron chi connectivity index (χ1n) is 8.21. The fourth-order valence-corrected chi connectivity index (χ4v) is 3.27. The van der Waals surface area contributed by atoms with Crippen molar-refractivity contribution < 1.29 is 13.7 Å². The maximum absolute atomic E-state index is 13.4. The van der Waals surface area contributed by atoms with Gasteiger partial charge in [-0.1, -0.05) is 41.0 Å². The van der Waals surface area contributed by atoms with Crippen molar-refractivity contribution in [2.75, 3.05) is 6.54 Å². The molecule has 1 aliphatic heterocycles. The fourth-order valence-electron chi connectivity index (χ4n) is 3.07. The fraction of sp³-hybridized carbons (Fsp3) is 0.211. The molecule has 2 heterocycles. The van der Waals surface area contributed by atoms with E-state index in [0.717, 1.165) is 5.56 Å². The molecule has 1 atom stereocenters. The third-order valence-electron chi connectivity index (χ3n) is 4.41. The molecule has 1 aromatic heterocycles. The Morgan fingerprint density at radius 3 is 2.88 bits per heavy atom. The van der Waals surface area contributed by atoms with Gasteiger partial charge >= 0.3 is 0 Å². The van der Waals surface area contributed by atoms with Crippen LogP contribution < -0.4 is 0 Å². The first-order chi connectivity index (χ1) is 12.6. The maximum Gasteiger partial charge on any atom is 0.258 e. The van der Waals surface area contributed by atoms with Crippen LogP contribution in [0, 0.1) is 5.82 Å². The summed E-state index contributed by atoms with van der Waals surface area (Å²) < 4.78 is 18.6. The van der Waals surface area contributed by atoms with Crippen LogP contribution in [-0.2, 0) is 11.3 Å². The molecule has 7 heteroatoms. The molecular formula is C19H15ClFN3O2. The lowest BCUT2D eigenvalue weighted by Gasteiger charge is -2.16. The van der Waals surface area contributed by atoms with Crippen molar-refractivity contribution >= 4 is 17.5 Å². The maximum atomic E-state index is 13.4. The number of carbonyl (C=O) groups is 1. The van der Waals surface area contributed by atoms with Gasteiger partial charge in [0.15, 0.2) is 5.82 Å². The standard InChI is InChI=1S/C19H15ClFN3O2/c20-16-7-2-1-4-13(16)10-24-11-14(9-17(24)25)18-22-19(26-23-18)12-5-3-6-15(21)8-12/h1-8,14H,9-11H2. The Morgan fingerprint density at radius 1 is 1.23 bits per heavy atom. The molecule has 132 valence electrons. The van der Waals surface area contributed by atoms with Crippen LogP contribution in [-0.4, -0.2) is 27.5 Å². The number of rotatable bonds is 4. The predicted octanol–water partition coefficient (Wildman–Crippen LogP) is 4.05. The SMILES string of the molecule is O=C1CC(c2noc(-c3cccc(F)c3)n2)CN1Cc1ccccc1Cl. The van der Waals surface area contributed by atoms with Gasteiger partial charge in [0.05, 0.1) is 0 Å². The molecule has 0 saturated carbocycles. The molecule has 2 aromatic carbocycles. The molecule has 1 aliphatic rings. The number of aromatic nitrogens is 2. The van der Waals surface area contributed by atoms with E-state index in [9.17, 15) is 9.18 Å². The Labute approximate surface area is 154 Å². The van der Waals surface area contributed by atoms with E-state index < -0.39 is 0 Å². The van der Waals surface area contributed by atoms with Crippen LogP contribution in [0.3, 0.4) is 0 Å². The zero-order valence-corrected chi connectivity index (χ0v) is 14.5. The van der Waals surface area contributed by atoms with E-state index in [1.165, 1.54) is 12.1 Å². The summed E-state index contributed by atoms with van der Waals surface area (Å²) >= 11 is 6.18. The summed E-state index contributed by atoms with van der Waals surface area (Å²) in [7, 11) is 0. The number of benzene rings is 2. The van der Waals surface area contributed by atoms with Gasteiger partial charge in [0.2, 0.25) is 5.91 Å². The summed E-state index contributed by atoms with van der Waals surface area (Å²) in [5.41, 5.74) is 1.41. The Balaban J connectivity index is 1.50. The van der Waals surface area contributed by atoms with Crippen LogP contribution in [0.15, 0.2) is 53.1 Å². The molecule has 1 saturated heterocycles. The van der Waals surface area contributed by atoms with Gasteiger partial charge < -0.3 is 9.42 Å². The summed E-state index contributed by atoms with van der Waals surface area (Å²) in [4.78, 5) is 18.4. The molecule has 0 aliphatic carbocycles. The highest BCUT2D eigenvalue weighted by molar-refractivity contribution is 6.31. The Hall–Kier alpha value is -2.73. The molecule has 4 rings (SSSR count). The van der Waals surface area contributed by atoms with Crippen LogP contribution in [0.1, 0.15) is 23.7 Å². The van der Waals surface area contributed by atoms with Crippen molar-refractivity contribution in [1.82, 2.24) is 15.0 Å². The lowest BCUT2D eigenvalue weighted by molar-refractivity contribution is -0.128. The number of likely N-dealkylation sites (tertiary alicyclic amines) is 1. The summed E-state index contributed by atoms with van der Waals surface area (Å²) in [6.07, 6.45) is 0.312. The van der Waals surface area contributed by atoms with Gasteiger partial charge in [-0.25, -0.2) is 4.39 Å². The largest absolute Gasteiger partial charge is 0.338 e. The van der Waals surface area contributed by atoms with E-state index >= 15 is 0 Å². The highest BCUT2D eigenvalue weighted by Gasteiger charge is 2.34. The second-order valence-electron chi connectivity index (χ2n) is 6.23. The summed E-state index contributed by atoms with van der Waals surface area (Å²) in [6.45, 7) is 0.940. The van der Waals surface area contributed by atoms with E-state index in [1.807, 2.05) is 18.2 Å². The minimum Gasteiger partial charge on any atom is -0.338 e. The lowest BCUT2D eigenvalue weighted by Crippen LogP contribution is -2.24. The lowest BCUT2D eigenvalue weighted by atomic mass is 10.1. The number of amides is 1. The number of halogens is 2. The average Bonchev–Trinajstić information content (AvgIpc) is 3.24. The predicted molar refractivity (Wildman–Crippen MR) is 93.9 cm³/mol. The van der Waals surface area contributed by atoms with Gasteiger partial charge in [-0.3, -0.25) is 4.79 Å². The van der Waals surface area contributed by atoms with Crippen LogP contribution in [0.5, 0.6) is 0 Å². The Bertz CT molecular complexity index is 959. The van der Waals surface area contributed by atoms with E-state index in [0.29, 0.717) is 35.9 Å². The third-order valence-corrected chi connectivity index (χ3v) is 4.78. The molecule has 0 N–H and O–H groups in total. The normalized spacial score (nSPS) is 17.1. The molecule has 1 amide bonds. The molecule has 0 radical (unpaired) electrons. The van der Waals surface area contributed by atoms with Crippen LogP contribution in [0.4, 0.5) is 4.39 Å². The quantitative estimate of drug-likeness (QED) is 0.694. The smallest absolute Gasteiger partial charge is 0.258 e. The van der Waals surface area contributed by atoms with Crippen molar-refractivity contribution in [2.45, 2.75) is 18.9 Å². The Kier molecular flexibility index (Phi) is 4.42. The monoisotopic (exact) mass is 371 g/mol. The molecule has 3 aromatic rings. The van der Waals surface area contributed by atoms with Gasteiger partial charge in [-0.2, -0.15) is 4.98 Å². The van der Waals surface area contributed by atoms with E-state index in [4.69, 9.17) is 16.1 Å². The van der Waals surface area contributed by atoms with E-state index in [2.05, 4.69) is 10.1 Å². The summed E-state index contributed by atoms with van der Waals surface area (Å²) in [5, 5.41) is 4.62. The Morgan fingerprint density at radius 2 is 2.08 bits per heavy atom. The van der Waals surface area contributed by atoms with E-state index in [-0.39, 0.29) is 23.5 Å². The molecule has 1 fully saturated rings. The third kappa shape index (κ3) is 3.32. The highest BCUT2D eigenvalue weighted by atomic mass is 35.5. The van der Waals surface area contributed by atoms with Crippen molar-refractivity contribution in [3.8, 4) is 11.5 Å². The first-order valence-corrected chi connectivity index (χ1v) is 8.58. The van der Waals surface area contributed by atoms with Crippen LogP contribution >= 0.6 is 11.6 Å². The van der Waals surface area contributed by atoms with Crippen molar-refractivity contribution in [3.05, 3.63) is 70.8 Å². The van der Waals surface area contributed by atoms with Crippen LogP contribution in [0.25, 0.3) is 11.5 Å². The first kappa shape index (κ1) is 16.7. The highest BCUT2D eigenvalue weighted by Crippen LogP contribution is 2.30. The molecule has 0 bridgehead atoms. The molecular weight excluding hydrogens is 357 g/mol. The van der Waals surface area contributed by atoms with Gasteiger partial charge in [0.1, 0.15) is 5.82 Å². The summed E-state index contributed by atoms with van der Waals surface area (Å²) in [6, 6.07) is 13.4. The molecule has 26 heavy (non-hydrogen) atoms. The zero-order valence-electron chi connectivity index (χ0n) is 13.7. The number of hydrogen-bond donors (Lipinski definition) is 0. The topological polar surface area (TPSA) is 59.2 Å². The van der Waals surface area contributed by atoms with Crippen molar-refractivity contribution in [2.24, 2.45) is 0 Å². The van der Waals surface area contributed by atoms with Gasteiger partial charge in [-0.15, -0.1) is 0 Å². The molecule has 0 spiro atoms. The average molecular weight is 372 g/mol. The second kappa shape index (κ2) is 6.88. The van der Waals surface area contributed by atoms with Gasteiger partial charge in [-0.05, 0) is 29.8 Å². The number of carbonyl (C=O) groups excluding carboxylic acids is 1. The van der Waals surface area contributed by atoms with E-state index in [1.54, 1.807) is 23.1 Å². The number of nitrogens with zero attached hydrogens (tertiary/aromatic N) is 3. The van der Waals surface area contributed by atoms with Crippen molar-refractivity contribution in [3.63, 3.8) is 0 Å². The molecule has 1 unspecified atom stereocenters. The van der Waals surface area contributed by atoms with Crippen molar-refractivity contribution in [1.29, 1.82) is 0 Å². The van der Waals surface area contributed by atoms with Crippen LogP contribution in [0.2, 0.25) is 5.02 Å².